The summed E-state index contributed by atoms with van der Waals surface area (Å²) >= 11 is 0. The Morgan fingerprint density at radius 2 is 0.746 bits per heavy atom. The van der Waals surface area contributed by atoms with Crippen LogP contribution in [-0.2, 0) is 95.1 Å². The van der Waals surface area contributed by atoms with E-state index in [0.29, 0.717) is 12.8 Å². The van der Waals surface area contributed by atoms with Gasteiger partial charge in [0.2, 0.25) is 23.6 Å². The Morgan fingerprint density at radius 3 is 1.19 bits per heavy atom. The summed E-state index contributed by atoms with van der Waals surface area (Å²) in [6, 6.07) is -6.91. The summed E-state index contributed by atoms with van der Waals surface area (Å²) in [6.07, 6.45) is -41.9. The van der Waals surface area contributed by atoms with Crippen LogP contribution in [0.2, 0.25) is 0 Å². The lowest BCUT2D eigenvalue weighted by atomic mass is 9.88. The molecule has 7 heterocycles. The zero-order valence-electron chi connectivity index (χ0n) is 79.3. The molecule has 138 heavy (non-hydrogen) atoms. The number of aliphatic hydroxyl groups is 22. The first kappa shape index (κ1) is 120. The third kappa shape index (κ3) is 34.1. The number of ether oxygens (including phenoxy) is 14. The summed E-state index contributed by atoms with van der Waals surface area (Å²) in [5, 5.41) is 281. The normalized spacial score (nSPS) is 36.6. The summed E-state index contributed by atoms with van der Waals surface area (Å²) in [5.74, 6) is -14.5. The molecule has 39 atom stereocenters. The molecule has 0 radical (unpaired) electrons. The smallest absolute Gasteiger partial charge is 0.364 e. The number of carboxylic acid groups (broad SMARTS) is 2. The molecule has 0 spiro atoms. The van der Waals surface area contributed by atoms with E-state index < -0.39 is 333 Å². The molecule has 0 aromatic carbocycles. The number of hydrogen-bond donors (Lipinski definition) is 28. The number of amides is 4. The Kier molecular flexibility index (Phi) is 52.4. The van der Waals surface area contributed by atoms with Crippen LogP contribution in [0.5, 0.6) is 0 Å². The lowest BCUT2D eigenvalue weighted by Gasteiger charge is -2.52. The number of unbranched alkanes of at least 4 members (excludes halogenated alkanes) is 25. The Labute approximate surface area is 801 Å². The average molecular weight is 2000 g/mol. The molecule has 0 aliphatic carbocycles. The van der Waals surface area contributed by atoms with Gasteiger partial charge in [-0.25, -0.2) is 9.59 Å². The first-order valence-corrected chi connectivity index (χ1v) is 48.7. The maximum atomic E-state index is 13.7. The minimum atomic E-state index is -3.51. The number of hydrogen-bond acceptors (Lipinski definition) is 42. The van der Waals surface area contributed by atoms with Crippen LogP contribution in [0.25, 0.3) is 0 Å². The fourth-order valence-corrected chi connectivity index (χ4v) is 18.3. The van der Waals surface area contributed by atoms with Gasteiger partial charge in [0.05, 0.1) is 89.3 Å². The summed E-state index contributed by atoms with van der Waals surface area (Å²) in [7, 11) is 0. The lowest BCUT2D eigenvalue weighted by molar-refractivity contribution is -0.395. The van der Waals surface area contributed by atoms with Crippen molar-refractivity contribution >= 4 is 35.6 Å². The molecule has 14 unspecified atom stereocenters. The largest absolute Gasteiger partial charge is 0.477 e. The van der Waals surface area contributed by atoms with Crippen LogP contribution in [0, 0.1) is 0 Å². The average Bonchev–Trinajstić information content (AvgIpc) is 0.751. The van der Waals surface area contributed by atoms with Crippen molar-refractivity contribution in [2.75, 3.05) is 52.9 Å². The van der Waals surface area contributed by atoms with Crippen LogP contribution in [-0.4, -0.2) is 449 Å². The van der Waals surface area contributed by atoms with Crippen LogP contribution in [0.15, 0.2) is 12.2 Å². The molecule has 7 rings (SSSR count). The van der Waals surface area contributed by atoms with Gasteiger partial charge in [0.15, 0.2) is 31.5 Å². The molecular formula is C90H158N4O44. The SMILES string of the molecule is CCCCCCCCCCCCC/C=C/[C@@H](O)[C@H](CO[C@@H]1OC(CO)[C@@H](O[C@@H]2OC(CO)[C@H](O[C@@H]3OC(CO)[C@H](O)[C@H](O[C@@H]4OC(CO)[C@H](O)[C@H](O[C@@H]5OC(CO[C@]6(C(=O)O)CC(O)[C@@H](NC(C)=O)C([C@H](O)[C@H](O)CO)O6)[C@H](O)[C@H](O[C@]6(C(=O)O)CC(O)[C@@H](NC(C)=O)C([C@H](O)[C@H](O)CO)O6)C5O)C4NC(C)=O)C3O)[C@H](O)C2O)[C@H](O)C1O)NC(=O)CCCCCCCCCCCCCCCCC. The molecule has 28 N–H and O–H groups in total. The van der Waals surface area contributed by atoms with Crippen molar-refractivity contribution < 1.29 is 218 Å². The van der Waals surface area contributed by atoms with Gasteiger partial charge in [0, 0.05) is 40.0 Å². The monoisotopic (exact) mass is 2000 g/mol. The summed E-state index contributed by atoms with van der Waals surface area (Å²) < 4.78 is 83.0. The van der Waals surface area contributed by atoms with Gasteiger partial charge in [-0.1, -0.05) is 180 Å². The predicted molar refractivity (Wildman–Crippen MR) is 472 cm³/mol. The second kappa shape index (κ2) is 60.3. The number of nitrogens with one attached hydrogen (secondary N) is 4. The van der Waals surface area contributed by atoms with Crippen molar-refractivity contribution in [3.8, 4) is 0 Å². The van der Waals surface area contributed by atoms with Crippen molar-refractivity contribution in [3.63, 3.8) is 0 Å². The third-order valence-electron chi connectivity index (χ3n) is 26.2. The number of carbonyl (C=O) groups excluding carboxylic acids is 4. The minimum Gasteiger partial charge on any atom is -0.477 e. The molecule has 7 fully saturated rings. The van der Waals surface area contributed by atoms with Gasteiger partial charge in [0.25, 0.3) is 11.6 Å². The van der Waals surface area contributed by atoms with Crippen LogP contribution >= 0.6 is 0 Å². The molecule has 4 amide bonds. The predicted octanol–water partition coefficient (Wildman–Crippen LogP) is -6.04. The van der Waals surface area contributed by atoms with Gasteiger partial charge in [-0.05, 0) is 19.3 Å². The van der Waals surface area contributed by atoms with E-state index in [1.54, 1.807) is 6.08 Å². The molecule has 0 saturated carbocycles. The third-order valence-corrected chi connectivity index (χ3v) is 26.2. The number of carbonyl (C=O) groups is 6. The van der Waals surface area contributed by atoms with E-state index in [1.807, 2.05) is 6.08 Å². The minimum absolute atomic E-state index is 0.139. The maximum absolute atomic E-state index is 13.7. The number of carboxylic acids is 2. The van der Waals surface area contributed by atoms with Crippen molar-refractivity contribution in [2.24, 2.45) is 0 Å². The summed E-state index contributed by atoms with van der Waals surface area (Å²) in [4.78, 5) is 79.1. The molecule has 48 nitrogen and oxygen atoms in total. The molecule has 7 saturated heterocycles. The fraction of sp³-hybridized carbons (Fsp3) is 0.911. The topological polar surface area (TPSA) is 765 Å². The van der Waals surface area contributed by atoms with E-state index in [0.717, 1.165) is 78.6 Å². The zero-order chi connectivity index (χ0) is 102. The Bertz CT molecular complexity index is 3540. The Hall–Kier alpha value is -4.88. The lowest BCUT2D eigenvalue weighted by Crippen LogP contribution is -2.72. The zero-order valence-corrected chi connectivity index (χ0v) is 79.3. The number of aliphatic carboxylic acids is 2. The van der Waals surface area contributed by atoms with Crippen LogP contribution in [0.3, 0.4) is 0 Å². The fourth-order valence-electron chi connectivity index (χ4n) is 18.3. The standard InChI is InChI=1S/C90H158N4O44/c1-6-8-10-12-14-16-18-20-21-23-25-27-29-31-33-35-60(109)94-49(50(104)34-32-30-28-26-24-22-19-17-15-13-11-9-7-2)44-125-83-71(117)69(115)75(57(42-99)129-83)132-84-72(118)70(116)76(58(43-100)130-84)133-85-73(119)80(67(113)56(41-98)128-85)135-82-63(93-48(5)103)77(66(112)55(40-97)127-82)134-86-74(120)81(138-90(88(123)124)37-52(106)62(92-47(4)102)79(137-90)65(111)54(108)39-96)68(114)59(131-86)45-126-89(87(121)122)36-51(105)61(91-46(3)101)78(136-89)64(110)53(107)38-95/h32,34,49-59,61-86,95-100,104-108,110-120H,6-31,33,35-45H2,1-5H3,(H,91,101)(H,92,102)(H,93,103)(H,94,109)(H,121,122)(H,123,124)/b34-32+/t49-,50+,51?,52?,53+,54+,55?,56?,57?,58?,59?,61+,62+,63?,64+,65+,66-,67-,68-,69+,70+,71?,72?,73?,74?,75+,76-,77+,78?,79?,80-,81-,82-,83+,84-,85-,86-,89+,90-/m0/s1. The van der Waals surface area contributed by atoms with Crippen molar-refractivity contribution in [1.82, 2.24) is 21.3 Å². The van der Waals surface area contributed by atoms with E-state index in [9.17, 15) is 151 Å². The quantitative estimate of drug-likeness (QED) is 0.0199. The summed E-state index contributed by atoms with van der Waals surface area (Å²) in [6.45, 7) is -1.93. The number of allylic oxidation sites excluding steroid dienone is 1. The molecule has 0 bridgehead atoms. The van der Waals surface area contributed by atoms with Gasteiger partial charge < -0.3 is 210 Å². The second-order valence-corrected chi connectivity index (χ2v) is 37.1. The van der Waals surface area contributed by atoms with E-state index in [-0.39, 0.29) is 12.3 Å². The van der Waals surface area contributed by atoms with E-state index in [1.165, 1.54) is 103 Å². The van der Waals surface area contributed by atoms with Crippen molar-refractivity contribution in [3.05, 3.63) is 12.2 Å². The highest BCUT2D eigenvalue weighted by atomic mass is 16.8. The first-order chi connectivity index (χ1) is 65.8. The highest BCUT2D eigenvalue weighted by molar-refractivity contribution is 5.78. The number of aliphatic hydroxyl groups excluding tert-OH is 22. The molecule has 0 aromatic heterocycles. The molecule has 0 aromatic rings. The van der Waals surface area contributed by atoms with Gasteiger partial charge in [-0.15, -0.1) is 0 Å². The highest BCUT2D eigenvalue weighted by Crippen LogP contribution is 2.43. The molecule has 48 heteroatoms. The van der Waals surface area contributed by atoms with E-state index >= 15 is 0 Å². The van der Waals surface area contributed by atoms with E-state index in [4.69, 9.17) is 66.3 Å². The summed E-state index contributed by atoms with van der Waals surface area (Å²) in [5.41, 5.74) is 0. The van der Waals surface area contributed by atoms with Crippen LogP contribution < -0.4 is 21.3 Å². The molecule has 802 valence electrons. The highest BCUT2D eigenvalue weighted by Gasteiger charge is 2.64. The number of rotatable bonds is 62. The van der Waals surface area contributed by atoms with Gasteiger partial charge in [-0.3, -0.25) is 19.2 Å². The van der Waals surface area contributed by atoms with Crippen molar-refractivity contribution in [2.45, 2.75) is 465 Å². The molecule has 7 aliphatic rings. The van der Waals surface area contributed by atoms with Gasteiger partial charge in [-0.2, -0.15) is 0 Å². The Balaban J connectivity index is 1.08. The van der Waals surface area contributed by atoms with E-state index in [2.05, 4.69) is 35.1 Å². The Morgan fingerprint density at radius 1 is 0.391 bits per heavy atom. The first-order valence-electron chi connectivity index (χ1n) is 48.7. The second-order valence-electron chi connectivity index (χ2n) is 37.1. The maximum Gasteiger partial charge on any atom is 0.364 e. The van der Waals surface area contributed by atoms with Crippen LogP contribution in [0.4, 0.5) is 0 Å². The molecular weight excluding hydrogens is 1840 g/mol. The van der Waals surface area contributed by atoms with Crippen molar-refractivity contribution in [1.29, 1.82) is 0 Å². The van der Waals surface area contributed by atoms with Crippen LogP contribution in [0.1, 0.15) is 227 Å². The van der Waals surface area contributed by atoms with Gasteiger partial charge >= 0.3 is 11.9 Å². The van der Waals surface area contributed by atoms with Gasteiger partial charge in [0.1, 0.15) is 159 Å². The molecule has 7 aliphatic heterocycles.